The van der Waals surface area contributed by atoms with Gasteiger partial charge in [-0.05, 0) is 50.5 Å². The van der Waals surface area contributed by atoms with Crippen LogP contribution in [0.2, 0.25) is 0 Å². The minimum Gasteiger partial charge on any atom is -0.492 e. The van der Waals surface area contributed by atoms with Crippen LogP contribution in [0.4, 0.5) is 10.5 Å². The van der Waals surface area contributed by atoms with E-state index in [1.54, 1.807) is 4.90 Å². The summed E-state index contributed by atoms with van der Waals surface area (Å²) in [5, 5.41) is 5.71. The van der Waals surface area contributed by atoms with Gasteiger partial charge in [-0.3, -0.25) is 9.00 Å². The summed E-state index contributed by atoms with van der Waals surface area (Å²) in [5.41, 5.74) is 1.91. The van der Waals surface area contributed by atoms with Gasteiger partial charge in [0.1, 0.15) is 12.4 Å². The predicted molar refractivity (Wildman–Crippen MR) is 106 cm³/mol. The Hall–Kier alpha value is -2.09. The average Bonchev–Trinajstić information content (AvgIpc) is 2.77. The molecule has 2 heterocycles. The van der Waals surface area contributed by atoms with Crippen molar-refractivity contribution in [2.45, 2.75) is 37.9 Å². The first kappa shape index (κ1) is 19.7. The Morgan fingerprint density at radius 2 is 2.15 bits per heavy atom. The molecule has 1 atom stereocenters. The first-order chi connectivity index (χ1) is 12.8. The summed E-state index contributed by atoms with van der Waals surface area (Å²) in [5.74, 6) is 1.29. The number of hydrogen-bond donors (Lipinski definition) is 2. The van der Waals surface area contributed by atoms with E-state index in [1.807, 2.05) is 32.0 Å². The van der Waals surface area contributed by atoms with Crippen LogP contribution < -0.4 is 15.4 Å². The molecule has 2 aliphatic rings. The van der Waals surface area contributed by atoms with Crippen molar-refractivity contribution in [2.24, 2.45) is 0 Å². The summed E-state index contributed by atoms with van der Waals surface area (Å²) < 4.78 is 17.6. The first-order valence-corrected chi connectivity index (χ1v) is 10.6. The van der Waals surface area contributed by atoms with E-state index in [0.717, 1.165) is 23.4 Å². The van der Waals surface area contributed by atoms with Crippen LogP contribution in [0.25, 0.3) is 0 Å². The predicted octanol–water partition coefficient (Wildman–Crippen LogP) is 1.89. The molecule has 1 aromatic carbocycles. The lowest BCUT2D eigenvalue weighted by atomic mass is 10.0. The Morgan fingerprint density at radius 3 is 2.96 bits per heavy atom. The quantitative estimate of drug-likeness (QED) is 0.765. The highest BCUT2D eigenvalue weighted by molar-refractivity contribution is 7.86. The average molecular weight is 394 g/mol. The highest BCUT2D eigenvalue weighted by Crippen LogP contribution is 2.26. The van der Waals surface area contributed by atoms with E-state index in [0.29, 0.717) is 44.8 Å². The molecule has 1 fully saturated rings. The van der Waals surface area contributed by atoms with Gasteiger partial charge in [0.25, 0.3) is 0 Å². The molecule has 1 unspecified atom stereocenters. The SMILES string of the molecule is CC1(C)CCN(C(=O)NCCOc2ccc3c(c2)CCC(=O)N3)CCS1=O. The van der Waals surface area contributed by atoms with Crippen LogP contribution >= 0.6 is 0 Å². The third-order valence-corrected chi connectivity index (χ3v) is 7.04. The van der Waals surface area contributed by atoms with Crippen LogP contribution in [0.15, 0.2) is 18.2 Å². The van der Waals surface area contributed by atoms with E-state index in [9.17, 15) is 13.8 Å². The van der Waals surface area contributed by atoms with Crippen molar-refractivity contribution in [3.8, 4) is 5.75 Å². The number of aryl methyl sites for hydroxylation is 1. The van der Waals surface area contributed by atoms with Crippen LogP contribution in [-0.4, -0.2) is 57.8 Å². The molecule has 148 valence electrons. The van der Waals surface area contributed by atoms with E-state index in [2.05, 4.69) is 10.6 Å². The number of carbonyl (C=O) groups is 2. The second-order valence-corrected chi connectivity index (χ2v) is 9.70. The van der Waals surface area contributed by atoms with Gasteiger partial charge in [0, 0.05) is 46.5 Å². The zero-order valence-corrected chi connectivity index (χ0v) is 16.7. The topological polar surface area (TPSA) is 87.7 Å². The molecule has 0 bridgehead atoms. The molecule has 0 saturated carbocycles. The van der Waals surface area contributed by atoms with E-state index >= 15 is 0 Å². The first-order valence-electron chi connectivity index (χ1n) is 9.32. The largest absolute Gasteiger partial charge is 0.492 e. The molecule has 0 spiro atoms. The maximum absolute atomic E-state index is 12.3. The third kappa shape index (κ3) is 5.00. The number of benzene rings is 1. The van der Waals surface area contributed by atoms with Crippen LogP contribution in [0, 0.1) is 0 Å². The standard InChI is InChI=1S/C19H27N3O4S/c1-19(2)7-9-22(10-12-27(19)25)18(24)20-8-11-26-15-4-5-16-14(13-15)3-6-17(23)21-16/h4-5,13H,3,6-12H2,1-2H3,(H,20,24)(H,21,23). The zero-order valence-electron chi connectivity index (χ0n) is 15.9. The molecule has 0 aromatic heterocycles. The summed E-state index contributed by atoms with van der Waals surface area (Å²) in [6.45, 7) is 5.86. The lowest BCUT2D eigenvalue weighted by Gasteiger charge is -2.22. The van der Waals surface area contributed by atoms with Crippen LogP contribution in [0.3, 0.4) is 0 Å². The third-order valence-electron chi connectivity index (χ3n) is 5.05. The number of rotatable bonds is 4. The van der Waals surface area contributed by atoms with Crippen LogP contribution in [0.5, 0.6) is 5.75 Å². The van der Waals surface area contributed by atoms with Crippen molar-refractivity contribution in [1.82, 2.24) is 10.2 Å². The number of ether oxygens (including phenoxy) is 1. The molecule has 3 rings (SSSR count). The lowest BCUT2D eigenvalue weighted by Crippen LogP contribution is -2.42. The van der Waals surface area contributed by atoms with E-state index in [4.69, 9.17) is 4.74 Å². The molecule has 8 heteroatoms. The molecule has 0 aliphatic carbocycles. The summed E-state index contributed by atoms with van der Waals surface area (Å²) in [6, 6.07) is 5.46. The molecule has 27 heavy (non-hydrogen) atoms. The molecule has 1 aromatic rings. The van der Waals surface area contributed by atoms with Crippen molar-refractivity contribution < 1.29 is 18.5 Å². The van der Waals surface area contributed by atoms with Gasteiger partial charge in [0.15, 0.2) is 0 Å². The Morgan fingerprint density at radius 1 is 1.33 bits per heavy atom. The lowest BCUT2D eigenvalue weighted by molar-refractivity contribution is -0.116. The number of anilines is 1. The Kier molecular flexibility index (Phi) is 6.04. The van der Waals surface area contributed by atoms with Gasteiger partial charge in [0.05, 0.1) is 6.54 Å². The minimum absolute atomic E-state index is 0.0413. The molecule has 1 saturated heterocycles. The normalized spacial score (nSPS) is 21.6. The van der Waals surface area contributed by atoms with E-state index in [-0.39, 0.29) is 16.7 Å². The fraction of sp³-hybridized carbons (Fsp3) is 0.579. The fourth-order valence-electron chi connectivity index (χ4n) is 3.19. The summed E-state index contributed by atoms with van der Waals surface area (Å²) in [4.78, 5) is 25.4. The molecule has 3 amide bonds. The van der Waals surface area contributed by atoms with Gasteiger partial charge < -0.3 is 20.3 Å². The number of amides is 3. The van der Waals surface area contributed by atoms with Gasteiger partial charge >= 0.3 is 6.03 Å². The van der Waals surface area contributed by atoms with Gasteiger partial charge in [-0.1, -0.05) is 0 Å². The van der Waals surface area contributed by atoms with Crippen molar-refractivity contribution in [3.05, 3.63) is 23.8 Å². The van der Waals surface area contributed by atoms with Crippen molar-refractivity contribution >= 4 is 28.4 Å². The fourth-order valence-corrected chi connectivity index (χ4v) is 4.45. The Labute approximate surface area is 162 Å². The van der Waals surface area contributed by atoms with E-state index in [1.165, 1.54) is 0 Å². The monoisotopic (exact) mass is 393 g/mol. The van der Waals surface area contributed by atoms with Crippen molar-refractivity contribution in [2.75, 3.05) is 37.3 Å². The second-order valence-electron chi connectivity index (χ2n) is 7.49. The number of hydrogen-bond acceptors (Lipinski definition) is 4. The molecular weight excluding hydrogens is 366 g/mol. The number of nitrogens with one attached hydrogen (secondary N) is 2. The summed E-state index contributed by atoms with van der Waals surface area (Å²) in [7, 11) is -0.914. The highest BCUT2D eigenvalue weighted by atomic mass is 32.2. The number of urea groups is 1. The molecule has 2 aliphatic heterocycles. The second kappa shape index (κ2) is 8.29. The van der Waals surface area contributed by atoms with Crippen LogP contribution in [-0.2, 0) is 22.0 Å². The number of carbonyl (C=O) groups excluding carboxylic acids is 2. The minimum atomic E-state index is -0.914. The molecule has 0 radical (unpaired) electrons. The maximum atomic E-state index is 12.3. The Bertz CT molecular complexity index is 750. The summed E-state index contributed by atoms with van der Waals surface area (Å²) in [6.07, 6.45) is 1.93. The Balaban J connectivity index is 1.43. The summed E-state index contributed by atoms with van der Waals surface area (Å²) >= 11 is 0. The van der Waals surface area contributed by atoms with Gasteiger partial charge in [-0.15, -0.1) is 0 Å². The highest BCUT2D eigenvalue weighted by Gasteiger charge is 2.31. The maximum Gasteiger partial charge on any atom is 0.317 e. The molecule has 7 nitrogen and oxygen atoms in total. The molecular formula is C19H27N3O4S. The van der Waals surface area contributed by atoms with Crippen molar-refractivity contribution in [3.63, 3.8) is 0 Å². The number of fused-ring (bicyclic) bond motifs is 1. The van der Waals surface area contributed by atoms with Crippen molar-refractivity contribution in [1.29, 1.82) is 0 Å². The zero-order chi connectivity index (χ0) is 19.4. The number of nitrogens with zero attached hydrogens (tertiary/aromatic N) is 1. The smallest absolute Gasteiger partial charge is 0.317 e. The van der Waals surface area contributed by atoms with Gasteiger partial charge in [0.2, 0.25) is 5.91 Å². The molecule has 2 N–H and O–H groups in total. The van der Waals surface area contributed by atoms with Gasteiger partial charge in [-0.25, -0.2) is 4.79 Å². The van der Waals surface area contributed by atoms with Crippen LogP contribution in [0.1, 0.15) is 32.3 Å². The van der Waals surface area contributed by atoms with E-state index < -0.39 is 10.8 Å². The van der Waals surface area contributed by atoms with Gasteiger partial charge in [-0.2, -0.15) is 0 Å².